The number of imidazole rings is 1. The number of fused-ring (bicyclic) bond motifs is 1. The third-order valence-corrected chi connectivity index (χ3v) is 5.98. The highest BCUT2D eigenvalue weighted by atomic mass is 31.2. The highest BCUT2D eigenvalue weighted by Crippen LogP contribution is 2.47. The molecule has 0 N–H and O–H groups in total. The molecule has 0 amide bonds. The van der Waals surface area contributed by atoms with Crippen molar-refractivity contribution in [3.63, 3.8) is 0 Å². The maximum absolute atomic E-state index is 12.5. The lowest BCUT2D eigenvalue weighted by Crippen LogP contribution is -2.39. The molecule has 2 aromatic heterocycles. The van der Waals surface area contributed by atoms with Crippen molar-refractivity contribution in [3.05, 3.63) is 27.2 Å². The van der Waals surface area contributed by atoms with Crippen LogP contribution in [0.3, 0.4) is 0 Å². The first-order valence-corrected chi connectivity index (χ1v) is 10.1. The first kappa shape index (κ1) is 19.6. The van der Waals surface area contributed by atoms with Crippen LogP contribution < -0.4 is 11.2 Å². The molecular formula is C15H25N4O5P. The minimum atomic E-state index is -3.02. The maximum atomic E-state index is 12.5. The summed E-state index contributed by atoms with van der Waals surface area (Å²) in [7, 11) is 0.295. The molecule has 0 aliphatic carbocycles. The monoisotopic (exact) mass is 372 g/mol. The van der Waals surface area contributed by atoms with Crippen LogP contribution in [0.15, 0.2) is 15.9 Å². The van der Waals surface area contributed by atoms with Crippen molar-refractivity contribution < 1.29 is 13.6 Å². The Kier molecular flexibility index (Phi) is 6.37. The van der Waals surface area contributed by atoms with Gasteiger partial charge in [-0.15, -0.1) is 0 Å². The molecule has 0 saturated heterocycles. The van der Waals surface area contributed by atoms with Crippen LogP contribution in [0.25, 0.3) is 11.2 Å². The zero-order valence-electron chi connectivity index (χ0n) is 15.1. The minimum Gasteiger partial charge on any atom is -0.328 e. The van der Waals surface area contributed by atoms with Crippen LogP contribution in [0.1, 0.15) is 26.7 Å². The van der Waals surface area contributed by atoms with E-state index in [-0.39, 0.29) is 18.7 Å². The number of rotatable bonds is 9. The molecule has 1 atom stereocenters. The first-order valence-electron chi connectivity index (χ1n) is 8.33. The number of aryl methyl sites for hydroxylation is 2. The lowest BCUT2D eigenvalue weighted by atomic mass is 10.3. The fourth-order valence-electron chi connectivity index (χ4n) is 2.59. The summed E-state index contributed by atoms with van der Waals surface area (Å²) in [6.07, 6.45) is 2.95. The van der Waals surface area contributed by atoms with Gasteiger partial charge in [-0.25, -0.2) is 9.78 Å². The van der Waals surface area contributed by atoms with Crippen LogP contribution in [0.5, 0.6) is 0 Å². The van der Waals surface area contributed by atoms with Gasteiger partial charge in [0.05, 0.1) is 19.5 Å². The molecule has 0 bridgehead atoms. The van der Waals surface area contributed by atoms with E-state index in [2.05, 4.69) is 4.98 Å². The van der Waals surface area contributed by atoms with Gasteiger partial charge in [0.25, 0.3) is 5.56 Å². The van der Waals surface area contributed by atoms with Gasteiger partial charge in [0.1, 0.15) is 0 Å². The van der Waals surface area contributed by atoms with E-state index in [9.17, 15) is 14.2 Å². The lowest BCUT2D eigenvalue weighted by Gasteiger charge is -2.15. The van der Waals surface area contributed by atoms with E-state index in [1.54, 1.807) is 32.5 Å². The molecule has 2 heterocycles. The second kappa shape index (κ2) is 8.12. The summed E-state index contributed by atoms with van der Waals surface area (Å²) in [5.41, 5.74) is 0.0149. The predicted octanol–water partition coefficient (Wildman–Crippen LogP) is 1.48. The Balaban J connectivity index is 2.05. The molecule has 0 aliphatic rings. The van der Waals surface area contributed by atoms with Crippen LogP contribution in [0, 0.1) is 0 Å². The van der Waals surface area contributed by atoms with Gasteiger partial charge in [-0.1, -0.05) is 6.92 Å². The van der Waals surface area contributed by atoms with Crippen molar-refractivity contribution in [2.45, 2.75) is 33.2 Å². The van der Waals surface area contributed by atoms with E-state index in [0.717, 1.165) is 0 Å². The highest BCUT2D eigenvalue weighted by Gasteiger charge is 2.20. The fourth-order valence-corrected chi connectivity index (χ4v) is 3.83. The van der Waals surface area contributed by atoms with Crippen LogP contribution in [0.4, 0.5) is 0 Å². The minimum absolute atomic E-state index is 0.258. The quantitative estimate of drug-likeness (QED) is 0.489. The standard InChI is InChI=1S/C15H25N4O5P/c1-5-23-25(22,6-2)24-10-8-7-9-19-14(20)12-13(16-11-17(12)3)18(4)15(19)21/h11H,5-10H2,1-4H3. The molecule has 140 valence electrons. The number of nitrogens with zero attached hydrogens (tertiary/aromatic N) is 4. The third kappa shape index (κ3) is 4.11. The predicted molar refractivity (Wildman–Crippen MR) is 95.2 cm³/mol. The zero-order chi connectivity index (χ0) is 18.6. The van der Waals surface area contributed by atoms with Crippen LogP contribution in [-0.2, 0) is 34.3 Å². The lowest BCUT2D eigenvalue weighted by molar-refractivity contribution is 0.208. The van der Waals surface area contributed by atoms with E-state index in [0.29, 0.717) is 36.8 Å². The van der Waals surface area contributed by atoms with E-state index in [1.807, 2.05) is 0 Å². The Labute approximate surface area is 145 Å². The number of hydrogen-bond donors (Lipinski definition) is 0. The Morgan fingerprint density at radius 1 is 1.16 bits per heavy atom. The summed E-state index contributed by atoms with van der Waals surface area (Å²) in [5, 5.41) is 0. The number of unbranched alkanes of at least 4 members (excludes halogenated alkanes) is 1. The van der Waals surface area contributed by atoms with Gasteiger partial charge < -0.3 is 13.6 Å². The molecule has 10 heteroatoms. The zero-order valence-corrected chi connectivity index (χ0v) is 16.0. The highest BCUT2D eigenvalue weighted by molar-refractivity contribution is 7.53. The number of aromatic nitrogens is 4. The molecule has 0 radical (unpaired) electrons. The van der Waals surface area contributed by atoms with E-state index in [1.165, 1.54) is 15.5 Å². The normalized spacial score (nSPS) is 14.1. The molecule has 2 aromatic rings. The topological polar surface area (TPSA) is 97.3 Å². The fraction of sp³-hybridized carbons (Fsp3) is 0.667. The first-order chi connectivity index (χ1) is 11.8. The van der Waals surface area contributed by atoms with E-state index >= 15 is 0 Å². The number of hydrogen-bond acceptors (Lipinski definition) is 6. The van der Waals surface area contributed by atoms with Crippen molar-refractivity contribution in [2.75, 3.05) is 19.4 Å². The Morgan fingerprint density at radius 2 is 1.88 bits per heavy atom. The van der Waals surface area contributed by atoms with Crippen LogP contribution in [-0.4, -0.2) is 38.1 Å². The largest absolute Gasteiger partial charge is 0.332 e. The van der Waals surface area contributed by atoms with Crippen LogP contribution in [0.2, 0.25) is 0 Å². The van der Waals surface area contributed by atoms with Gasteiger partial charge in [-0.05, 0) is 19.8 Å². The molecule has 25 heavy (non-hydrogen) atoms. The Morgan fingerprint density at radius 3 is 2.52 bits per heavy atom. The molecular weight excluding hydrogens is 347 g/mol. The van der Waals surface area contributed by atoms with E-state index < -0.39 is 13.3 Å². The van der Waals surface area contributed by atoms with Gasteiger partial charge in [0, 0.05) is 26.8 Å². The molecule has 0 aliphatic heterocycles. The summed E-state index contributed by atoms with van der Waals surface area (Å²) in [6, 6.07) is 0. The second-order valence-electron chi connectivity index (χ2n) is 5.71. The second-order valence-corrected chi connectivity index (χ2v) is 8.08. The van der Waals surface area contributed by atoms with Crippen molar-refractivity contribution in [1.82, 2.24) is 18.7 Å². The molecule has 0 fully saturated rings. The Hall–Kier alpha value is -1.70. The molecule has 1 unspecified atom stereocenters. The van der Waals surface area contributed by atoms with Crippen molar-refractivity contribution in [1.29, 1.82) is 0 Å². The molecule has 2 rings (SSSR count). The third-order valence-electron chi connectivity index (χ3n) is 3.98. The van der Waals surface area contributed by atoms with Gasteiger partial charge in [-0.2, -0.15) is 0 Å². The van der Waals surface area contributed by atoms with Crippen molar-refractivity contribution in [2.24, 2.45) is 14.1 Å². The molecule has 9 nitrogen and oxygen atoms in total. The van der Waals surface area contributed by atoms with Crippen molar-refractivity contribution >= 4 is 18.8 Å². The van der Waals surface area contributed by atoms with E-state index in [4.69, 9.17) is 9.05 Å². The average Bonchev–Trinajstić information content (AvgIpc) is 2.97. The van der Waals surface area contributed by atoms with Gasteiger partial charge in [0.15, 0.2) is 11.2 Å². The van der Waals surface area contributed by atoms with Gasteiger partial charge in [-0.3, -0.25) is 18.5 Å². The summed E-state index contributed by atoms with van der Waals surface area (Å²) in [6.45, 7) is 4.38. The summed E-state index contributed by atoms with van der Waals surface area (Å²) < 4.78 is 26.9. The van der Waals surface area contributed by atoms with Crippen molar-refractivity contribution in [3.8, 4) is 0 Å². The smallest absolute Gasteiger partial charge is 0.328 e. The van der Waals surface area contributed by atoms with Gasteiger partial charge >= 0.3 is 13.3 Å². The van der Waals surface area contributed by atoms with Gasteiger partial charge in [0.2, 0.25) is 0 Å². The molecule has 0 spiro atoms. The summed E-state index contributed by atoms with van der Waals surface area (Å²) >= 11 is 0. The maximum Gasteiger partial charge on any atom is 0.332 e. The molecule has 0 saturated carbocycles. The SMILES string of the molecule is CCOP(=O)(CC)OCCCCn1c(=O)c2c(ncn2C)n(C)c1=O. The van der Waals surface area contributed by atoms with Crippen LogP contribution >= 0.6 is 7.60 Å². The Bertz CT molecular complexity index is 898. The average molecular weight is 372 g/mol. The summed E-state index contributed by atoms with van der Waals surface area (Å²) in [4.78, 5) is 29.0. The molecule has 0 aromatic carbocycles. The summed E-state index contributed by atoms with van der Waals surface area (Å²) in [5.74, 6) is 0.